The second kappa shape index (κ2) is 16.1. The monoisotopic (exact) mass is 584 g/mol. The summed E-state index contributed by atoms with van der Waals surface area (Å²) in [6.45, 7) is 2.20. The first-order valence-electron chi connectivity index (χ1n) is 12.9. The third-order valence-corrected chi connectivity index (χ3v) is 6.86. The molecule has 4 rings (SSSR count). The summed E-state index contributed by atoms with van der Waals surface area (Å²) in [5, 5.41) is 0. The van der Waals surface area contributed by atoms with Gasteiger partial charge in [0.25, 0.3) is 0 Å². The molecule has 2 aliphatic carbocycles. The highest BCUT2D eigenvalue weighted by atomic mass is 79.9. The van der Waals surface area contributed by atoms with E-state index in [2.05, 4.69) is 69.7 Å². The number of unbranched alkanes of at least 4 members (excludes halogenated alkanes) is 4. The van der Waals surface area contributed by atoms with Gasteiger partial charge in [0.2, 0.25) is 0 Å². The molecule has 0 saturated carbocycles. The van der Waals surface area contributed by atoms with E-state index in [1.54, 1.807) is 22.3 Å². The molecule has 182 valence electrons. The summed E-state index contributed by atoms with van der Waals surface area (Å²) in [6.07, 6.45) is 26.3. The van der Waals surface area contributed by atoms with Crippen LogP contribution in [0.1, 0.15) is 86.5 Å². The van der Waals surface area contributed by atoms with Gasteiger partial charge in [-0.15, -0.1) is 0 Å². The average Bonchev–Trinajstić information content (AvgIpc) is 2.84. The van der Waals surface area contributed by atoms with Gasteiger partial charge in [0, 0.05) is 48.9 Å². The van der Waals surface area contributed by atoms with Crippen LogP contribution < -0.4 is 43.1 Å². The SMILES string of the molecule is C(C#CCCCC[n+]1ccc2c(c1)CCCC2)#CCCCC[n+]1ccc2c(c1)CCCC2.[Br-].[Br-]. The van der Waals surface area contributed by atoms with E-state index >= 15 is 0 Å². The molecule has 2 aromatic rings. The summed E-state index contributed by atoms with van der Waals surface area (Å²) in [6, 6.07) is 4.66. The quantitative estimate of drug-likeness (QED) is 0.215. The third kappa shape index (κ3) is 9.20. The predicted molar refractivity (Wildman–Crippen MR) is 130 cm³/mol. The molecule has 0 bridgehead atoms. The van der Waals surface area contributed by atoms with Gasteiger partial charge < -0.3 is 34.0 Å². The summed E-state index contributed by atoms with van der Waals surface area (Å²) in [5.41, 5.74) is 6.26. The Morgan fingerprint density at radius 2 is 0.971 bits per heavy atom. The van der Waals surface area contributed by atoms with Gasteiger partial charge in [-0.3, -0.25) is 0 Å². The minimum atomic E-state index is 0. The van der Waals surface area contributed by atoms with E-state index in [4.69, 9.17) is 0 Å². The maximum Gasteiger partial charge on any atom is 0.172 e. The topological polar surface area (TPSA) is 7.76 Å². The number of pyridine rings is 2. The van der Waals surface area contributed by atoms with E-state index in [9.17, 15) is 0 Å². The van der Waals surface area contributed by atoms with Crippen molar-refractivity contribution in [1.82, 2.24) is 0 Å². The summed E-state index contributed by atoms with van der Waals surface area (Å²) in [5.74, 6) is 12.5. The molecule has 0 atom stereocenters. The number of aromatic nitrogens is 2. The number of rotatable bonds is 8. The lowest BCUT2D eigenvalue weighted by Crippen LogP contribution is -3.00. The van der Waals surface area contributed by atoms with Crippen LogP contribution in [-0.2, 0) is 38.8 Å². The Morgan fingerprint density at radius 3 is 1.41 bits per heavy atom. The Balaban J connectivity index is 0.00000204. The molecule has 0 radical (unpaired) electrons. The molecule has 2 nitrogen and oxygen atoms in total. The summed E-state index contributed by atoms with van der Waals surface area (Å²) >= 11 is 0. The average molecular weight is 586 g/mol. The number of aryl methyl sites for hydroxylation is 6. The Morgan fingerprint density at radius 1 is 0.559 bits per heavy atom. The molecule has 0 spiro atoms. The van der Waals surface area contributed by atoms with Crippen LogP contribution in [0.2, 0.25) is 0 Å². The molecule has 2 heterocycles. The Hall–Kier alpha value is -1.62. The summed E-state index contributed by atoms with van der Waals surface area (Å²) in [7, 11) is 0. The second-order valence-electron chi connectivity index (χ2n) is 9.40. The second-order valence-corrected chi connectivity index (χ2v) is 9.40. The first-order valence-corrected chi connectivity index (χ1v) is 12.9. The number of hydrogen-bond acceptors (Lipinski definition) is 0. The molecular formula is C30H38Br2N2. The highest BCUT2D eigenvalue weighted by molar-refractivity contribution is 5.26. The molecule has 0 aliphatic heterocycles. The molecule has 0 saturated heterocycles. The molecule has 2 aliphatic rings. The molecule has 0 fully saturated rings. The minimum Gasteiger partial charge on any atom is -1.00 e. The molecule has 2 aromatic heterocycles. The van der Waals surface area contributed by atoms with E-state index < -0.39 is 0 Å². The molecule has 0 amide bonds. The van der Waals surface area contributed by atoms with Crippen molar-refractivity contribution in [3.05, 3.63) is 59.2 Å². The van der Waals surface area contributed by atoms with Crippen molar-refractivity contribution < 1.29 is 43.1 Å². The van der Waals surface area contributed by atoms with E-state index in [0.29, 0.717) is 0 Å². The third-order valence-electron chi connectivity index (χ3n) is 6.86. The lowest BCUT2D eigenvalue weighted by Gasteiger charge is -2.13. The van der Waals surface area contributed by atoms with Gasteiger partial charge in [-0.2, -0.15) is 0 Å². The lowest BCUT2D eigenvalue weighted by atomic mass is 9.93. The first-order chi connectivity index (χ1) is 15.9. The van der Waals surface area contributed by atoms with Crippen LogP contribution in [-0.4, -0.2) is 0 Å². The van der Waals surface area contributed by atoms with Crippen LogP contribution in [0.5, 0.6) is 0 Å². The van der Waals surface area contributed by atoms with Gasteiger partial charge in [0.05, 0.1) is 0 Å². The van der Waals surface area contributed by atoms with Crippen molar-refractivity contribution in [2.45, 2.75) is 103 Å². The maximum absolute atomic E-state index is 3.23. The normalized spacial score (nSPS) is 13.5. The molecule has 0 aromatic carbocycles. The summed E-state index contributed by atoms with van der Waals surface area (Å²) < 4.78 is 4.72. The van der Waals surface area contributed by atoms with Crippen LogP contribution in [0.3, 0.4) is 0 Å². The van der Waals surface area contributed by atoms with E-state index in [0.717, 1.165) is 38.8 Å². The van der Waals surface area contributed by atoms with Gasteiger partial charge in [-0.25, -0.2) is 9.13 Å². The van der Waals surface area contributed by atoms with Crippen molar-refractivity contribution >= 4 is 0 Å². The van der Waals surface area contributed by atoms with Crippen molar-refractivity contribution in [3.8, 4) is 23.7 Å². The van der Waals surface area contributed by atoms with Gasteiger partial charge in [-0.05, 0) is 87.2 Å². The van der Waals surface area contributed by atoms with E-state index in [1.807, 2.05) is 0 Å². The molecular weight excluding hydrogens is 548 g/mol. The Labute approximate surface area is 228 Å². The fraction of sp³-hybridized carbons (Fsp3) is 0.533. The van der Waals surface area contributed by atoms with Crippen LogP contribution >= 0.6 is 0 Å². The smallest absolute Gasteiger partial charge is 0.172 e. The van der Waals surface area contributed by atoms with Crippen molar-refractivity contribution in [3.63, 3.8) is 0 Å². The fourth-order valence-corrected chi connectivity index (χ4v) is 4.94. The Kier molecular flexibility index (Phi) is 13.6. The van der Waals surface area contributed by atoms with Gasteiger partial charge in [-0.1, -0.05) is 11.8 Å². The number of halogens is 2. The largest absolute Gasteiger partial charge is 1.00 e. The zero-order chi connectivity index (χ0) is 21.8. The van der Waals surface area contributed by atoms with E-state index in [1.165, 1.54) is 64.2 Å². The van der Waals surface area contributed by atoms with Crippen LogP contribution in [0.15, 0.2) is 36.9 Å². The highest BCUT2D eigenvalue weighted by Crippen LogP contribution is 2.19. The molecule has 34 heavy (non-hydrogen) atoms. The van der Waals surface area contributed by atoms with Gasteiger partial charge >= 0.3 is 0 Å². The van der Waals surface area contributed by atoms with Crippen molar-refractivity contribution in [1.29, 1.82) is 0 Å². The van der Waals surface area contributed by atoms with Crippen LogP contribution in [0.25, 0.3) is 0 Å². The molecule has 4 heteroatoms. The predicted octanol–water partition coefficient (Wildman–Crippen LogP) is -0.925. The minimum absolute atomic E-state index is 0. The first kappa shape index (κ1) is 28.6. The van der Waals surface area contributed by atoms with Crippen molar-refractivity contribution in [2.75, 3.05) is 0 Å². The number of nitrogens with zero attached hydrogens (tertiary/aromatic N) is 2. The molecule has 0 unspecified atom stereocenters. The standard InChI is InChI=1S/C30H38N2.2BrH/c1(3-5-7-13-21-31-23-19-27-15-9-11-17-29(27)25-31)2-4-6-8-14-22-32-24-20-28-16-10-12-18-30(28)26-32;;/h19-20,23-26H,5-18,21-22H2;2*1H/q+2;;/p-2. The highest BCUT2D eigenvalue weighted by Gasteiger charge is 2.14. The van der Waals surface area contributed by atoms with Gasteiger partial charge in [0.15, 0.2) is 24.8 Å². The summed E-state index contributed by atoms with van der Waals surface area (Å²) in [4.78, 5) is 0. The van der Waals surface area contributed by atoms with Gasteiger partial charge in [0.1, 0.15) is 13.1 Å². The Bertz CT molecular complexity index is 940. The maximum atomic E-state index is 3.23. The van der Waals surface area contributed by atoms with E-state index in [-0.39, 0.29) is 34.0 Å². The zero-order valence-electron chi connectivity index (χ0n) is 20.4. The zero-order valence-corrected chi connectivity index (χ0v) is 23.6. The lowest BCUT2D eigenvalue weighted by molar-refractivity contribution is -0.698. The van der Waals surface area contributed by atoms with Crippen LogP contribution in [0.4, 0.5) is 0 Å². The van der Waals surface area contributed by atoms with Crippen molar-refractivity contribution in [2.24, 2.45) is 0 Å². The molecule has 0 N–H and O–H groups in total. The fourth-order valence-electron chi connectivity index (χ4n) is 4.94. The number of fused-ring (bicyclic) bond motifs is 2. The van der Waals surface area contributed by atoms with Crippen LogP contribution in [0, 0.1) is 23.7 Å². The number of hydrogen-bond donors (Lipinski definition) is 0.